The molecular formula is C58H36N4O. The number of nitrogens with zero attached hydrogens (tertiary/aromatic N) is 4. The van der Waals surface area contributed by atoms with E-state index < -0.39 is 5.41 Å². The molecule has 2 aliphatic carbocycles. The topological polar surface area (TPSA) is 56.7 Å². The molecule has 0 fully saturated rings. The van der Waals surface area contributed by atoms with Crippen LogP contribution in [0.1, 0.15) is 40.4 Å². The van der Waals surface area contributed by atoms with Crippen molar-refractivity contribution in [3.05, 3.63) is 234 Å². The van der Waals surface area contributed by atoms with Crippen molar-refractivity contribution in [1.29, 1.82) is 0 Å². The van der Waals surface area contributed by atoms with Crippen LogP contribution in [-0.2, 0) is 5.41 Å². The fourth-order valence-electron chi connectivity index (χ4n) is 11.2. The summed E-state index contributed by atoms with van der Waals surface area (Å²) in [4.78, 5) is 16.3. The van der Waals surface area contributed by atoms with Gasteiger partial charge < -0.3 is 8.98 Å². The summed E-state index contributed by atoms with van der Waals surface area (Å²) in [5.41, 5.74) is 16.4. The zero-order valence-corrected chi connectivity index (χ0v) is 34.0. The van der Waals surface area contributed by atoms with E-state index in [1.807, 2.05) is 12.1 Å². The third-order valence-electron chi connectivity index (χ3n) is 13.8. The molecule has 14 rings (SSSR count). The molecule has 0 bridgehead atoms. The minimum Gasteiger partial charge on any atom is -0.455 e. The number of hydrogen-bond donors (Lipinski definition) is 0. The molecule has 1 aliphatic heterocycles. The van der Waals surface area contributed by atoms with Gasteiger partial charge in [0.15, 0.2) is 11.6 Å². The highest BCUT2D eigenvalue weighted by atomic mass is 16.3. The highest BCUT2D eigenvalue weighted by Crippen LogP contribution is 2.63. The molecule has 0 amide bonds. The van der Waals surface area contributed by atoms with E-state index >= 15 is 0 Å². The number of fused-ring (bicyclic) bond motifs is 15. The largest absolute Gasteiger partial charge is 0.455 e. The van der Waals surface area contributed by atoms with E-state index in [0.717, 1.165) is 56.4 Å². The molecule has 0 radical (unpaired) electrons. The average Bonchev–Trinajstić information content (AvgIpc) is 4.00. The maximum atomic E-state index is 6.62. The van der Waals surface area contributed by atoms with Crippen LogP contribution in [0, 0.1) is 0 Å². The number of rotatable bonds is 4. The molecule has 2 unspecified atom stereocenters. The van der Waals surface area contributed by atoms with Crippen LogP contribution in [0.25, 0.3) is 88.9 Å². The lowest BCUT2D eigenvalue weighted by molar-refractivity contribution is 0.669. The summed E-state index contributed by atoms with van der Waals surface area (Å²) in [5.74, 6) is 1.82. The second-order valence-electron chi connectivity index (χ2n) is 16.9. The van der Waals surface area contributed by atoms with Gasteiger partial charge in [0.05, 0.1) is 27.7 Å². The van der Waals surface area contributed by atoms with Crippen LogP contribution in [0.2, 0.25) is 0 Å². The first-order valence-electron chi connectivity index (χ1n) is 21.7. The molecule has 0 saturated carbocycles. The van der Waals surface area contributed by atoms with Gasteiger partial charge in [0.1, 0.15) is 17.0 Å². The van der Waals surface area contributed by atoms with E-state index in [1.54, 1.807) is 0 Å². The molecule has 294 valence electrons. The molecule has 4 heterocycles. The molecule has 3 aromatic heterocycles. The Morgan fingerprint density at radius 2 is 1.13 bits per heavy atom. The van der Waals surface area contributed by atoms with Crippen LogP contribution in [-0.4, -0.2) is 19.5 Å². The highest BCUT2D eigenvalue weighted by molar-refractivity contribution is 6.13. The summed E-state index contributed by atoms with van der Waals surface area (Å²) < 4.78 is 9.12. The summed E-state index contributed by atoms with van der Waals surface area (Å²) >= 11 is 0. The molecule has 3 aliphatic rings. The molecule has 11 aromatic rings. The molecule has 0 saturated heterocycles. The molecular weight excluding hydrogens is 769 g/mol. The molecule has 5 nitrogen and oxygen atoms in total. The predicted molar refractivity (Wildman–Crippen MR) is 254 cm³/mol. The Morgan fingerprint density at radius 1 is 0.492 bits per heavy atom. The van der Waals surface area contributed by atoms with Gasteiger partial charge in [-0.2, -0.15) is 0 Å². The number of allylic oxidation sites excluding steroid dienone is 4. The average molecular weight is 805 g/mol. The normalized spacial score (nSPS) is 17.2. The zero-order valence-electron chi connectivity index (χ0n) is 34.0. The van der Waals surface area contributed by atoms with Crippen molar-refractivity contribution >= 4 is 49.3 Å². The first-order valence-corrected chi connectivity index (χ1v) is 21.7. The van der Waals surface area contributed by atoms with Crippen molar-refractivity contribution < 1.29 is 4.42 Å². The Hall–Kier alpha value is -8.15. The summed E-state index contributed by atoms with van der Waals surface area (Å²) in [7, 11) is 0. The van der Waals surface area contributed by atoms with E-state index in [-0.39, 0.29) is 5.92 Å². The SMILES string of the molecule is C1=C2C(=CC(c3nc(-c4ccccc4-c4ccccc4)nc(-c4cccc5c4oc4ccccc45)n3)C1)C1(c3ccccc32)c2ccccc2-n2c3ccccc3c3cccc1c32. The van der Waals surface area contributed by atoms with Crippen molar-refractivity contribution in [1.82, 2.24) is 19.5 Å². The van der Waals surface area contributed by atoms with Gasteiger partial charge in [0.25, 0.3) is 0 Å². The molecule has 2 atom stereocenters. The number of hydrogen-bond acceptors (Lipinski definition) is 4. The maximum Gasteiger partial charge on any atom is 0.167 e. The third-order valence-corrected chi connectivity index (χ3v) is 13.8. The van der Waals surface area contributed by atoms with Gasteiger partial charge >= 0.3 is 0 Å². The van der Waals surface area contributed by atoms with Gasteiger partial charge in [0.2, 0.25) is 0 Å². The number of aromatic nitrogens is 4. The van der Waals surface area contributed by atoms with Crippen molar-refractivity contribution in [3.8, 4) is 39.6 Å². The van der Waals surface area contributed by atoms with Crippen molar-refractivity contribution in [2.24, 2.45) is 0 Å². The van der Waals surface area contributed by atoms with Gasteiger partial charge in [-0.05, 0) is 75.2 Å². The Balaban J connectivity index is 1.04. The van der Waals surface area contributed by atoms with E-state index in [1.165, 1.54) is 60.9 Å². The number of benzene rings is 8. The monoisotopic (exact) mass is 804 g/mol. The maximum absolute atomic E-state index is 6.62. The quantitative estimate of drug-likeness (QED) is 0.178. The van der Waals surface area contributed by atoms with Gasteiger partial charge in [-0.1, -0.05) is 176 Å². The lowest BCUT2D eigenvalue weighted by atomic mass is 9.64. The zero-order chi connectivity index (χ0) is 41.2. The minimum atomic E-state index is -0.569. The van der Waals surface area contributed by atoms with Crippen LogP contribution >= 0.6 is 0 Å². The second-order valence-corrected chi connectivity index (χ2v) is 16.9. The summed E-state index contributed by atoms with van der Waals surface area (Å²) in [5, 5.41) is 4.64. The van der Waals surface area contributed by atoms with Gasteiger partial charge in [-0.3, -0.25) is 0 Å². The fourth-order valence-corrected chi connectivity index (χ4v) is 11.2. The van der Waals surface area contributed by atoms with Crippen molar-refractivity contribution in [3.63, 3.8) is 0 Å². The van der Waals surface area contributed by atoms with E-state index in [4.69, 9.17) is 19.4 Å². The Morgan fingerprint density at radius 3 is 2.02 bits per heavy atom. The number of furan rings is 1. The standard InChI is InChI=1S/C58H36N4O/c1-2-16-35(17-3-1)37-18-4-5-22-44(37)56-59-55(60-57(61-56)45-25-14-24-43-41-21-8-13-31-52(41)63-54(43)45)36-32-33-39-38-19-6-9-26-46(38)58(49(39)34-36)47-27-10-12-30-51(47)62-50-29-11-7-20-40(50)42-23-15-28-48(58)53(42)62/h1-31,33-34,36H,32H2. The molecule has 8 aromatic carbocycles. The van der Waals surface area contributed by atoms with Crippen LogP contribution in [0.5, 0.6) is 0 Å². The van der Waals surface area contributed by atoms with Gasteiger partial charge in [0, 0.05) is 33.0 Å². The van der Waals surface area contributed by atoms with E-state index in [2.05, 4.69) is 193 Å². The third kappa shape index (κ3) is 4.68. The minimum absolute atomic E-state index is 0.145. The van der Waals surface area contributed by atoms with Crippen LogP contribution in [0.15, 0.2) is 210 Å². The van der Waals surface area contributed by atoms with Gasteiger partial charge in [-0.15, -0.1) is 0 Å². The highest BCUT2D eigenvalue weighted by Gasteiger charge is 2.53. The summed E-state index contributed by atoms with van der Waals surface area (Å²) in [6.07, 6.45) is 5.69. The summed E-state index contributed by atoms with van der Waals surface area (Å²) in [6, 6.07) is 67.3. The summed E-state index contributed by atoms with van der Waals surface area (Å²) in [6.45, 7) is 0. The molecule has 5 heteroatoms. The van der Waals surface area contributed by atoms with E-state index in [0.29, 0.717) is 11.6 Å². The smallest absolute Gasteiger partial charge is 0.167 e. The second kappa shape index (κ2) is 12.9. The molecule has 0 N–H and O–H groups in total. The van der Waals surface area contributed by atoms with E-state index in [9.17, 15) is 0 Å². The first-order chi connectivity index (χ1) is 31.3. The fraction of sp³-hybridized carbons (Fsp3) is 0.0517. The molecule has 63 heavy (non-hydrogen) atoms. The molecule has 1 spiro atoms. The van der Waals surface area contributed by atoms with Crippen LogP contribution in [0.3, 0.4) is 0 Å². The van der Waals surface area contributed by atoms with Crippen molar-refractivity contribution in [2.75, 3.05) is 0 Å². The lowest BCUT2D eigenvalue weighted by Gasteiger charge is -2.40. The number of para-hydroxylation sites is 5. The Bertz CT molecular complexity index is 3800. The predicted octanol–water partition coefficient (Wildman–Crippen LogP) is 14.0. The Kier molecular flexibility index (Phi) is 7.09. The Labute approximate surface area is 363 Å². The van der Waals surface area contributed by atoms with Crippen LogP contribution < -0.4 is 0 Å². The van der Waals surface area contributed by atoms with Crippen LogP contribution in [0.4, 0.5) is 0 Å². The first kappa shape index (κ1) is 34.6. The van der Waals surface area contributed by atoms with Crippen molar-refractivity contribution in [2.45, 2.75) is 17.8 Å². The van der Waals surface area contributed by atoms with Gasteiger partial charge in [-0.25, -0.2) is 15.0 Å². The lowest BCUT2D eigenvalue weighted by Crippen LogP contribution is -2.34.